The number of hydrogen-bond acceptors (Lipinski definition) is 2. The molecule has 0 unspecified atom stereocenters. The van der Waals surface area contributed by atoms with E-state index < -0.39 is 11.6 Å². The van der Waals surface area contributed by atoms with Crippen LogP contribution in [0.25, 0.3) is 0 Å². The predicted octanol–water partition coefficient (Wildman–Crippen LogP) is 3.33. The first-order valence-corrected chi connectivity index (χ1v) is 8.30. The monoisotopic (exact) mass is 508 g/mol. The lowest BCUT2D eigenvalue weighted by molar-refractivity contribution is 0.0954. The molecule has 0 radical (unpaired) electrons. The molecule has 3 N–H and O–H groups in total. The van der Waals surface area contributed by atoms with Gasteiger partial charge in [-0.1, -0.05) is 23.7 Å². The van der Waals surface area contributed by atoms with Crippen LogP contribution in [0.15, 0.2) is 47.5 Å². The summed E-state index contributed by atoms with van der Waals surface area (Å²) < 4.78 is 26.7. The van der Waals surface area contributed by atoms with Crippen molar-refractivity contribution >= 4 is 47.4 Å². The molecule has 0 aliphatic rings. The van der Waals surface area contributed by atoms with E-state index in [-0.39, 0.29) is 42.0 Å². The first kappa shape index (κ1) is 23.1. The number of hydrogen-bond donors (Lipinski definition) is 3. The smallest absolute Gasteiger partial charge is 0.252 e. The third-order valence-electron chi connectivity index (χ3n) is 3.50. The van der Waals surface area contributed by atoms with Crippen molar-refractivity contribution in [2.24, 2.45) is 4.99 Å². The number of amides is 1. The Morgan fingerprint density at radius 1 is 1.07 bits per heavy atom. The Morgan fingerprint density at radius 3 is 2.48 bits per heavy atom. The average Bonchev–Trinajstić information content (AvgIpc) is 2.64. The van der Waals surface area contributed by atoms with Crippen molar-refractivity contribution in [1.82, 2.24) is 16.0 Å². The van der Waals surface area contributed by atoms with Crippen molar-refractivity contribution in [2.75, 3.05) is 20.1 Å². The fourth-order valence-electron chi connectivity index (χ4n) is 2.18. The number of nitrogens with one attached hydrogen (secondary N) is 3. The number of carbonyl (C=O) groups excluding carboxylic acids is 1. The van der Waals surface area contributed by atoms with Gasteiger partial charge < -0.3 is 16.0 Å². The molecule has 2 aromatic carbocycles. The van der Waals surface area contributed by atoms with E-state index in [0.717, 1.165) is 18.2 Å². The maximum atomic E-state index is 13.6. The third kappa shape index (κ3) is 7.30. The molecule has 0 aliphatic heterocycles. The zero-order chi connectivity index (χ0) is 18.9. The molecule has 2 aromatic rings. The Kier molecular flexibility index (Phi) is 10.0. The summed E-state index contributed by atoms with van der Waals surface area (Å²) in [6.07, 6.45) is 0. The van der Waals surface area contributed by atoms with Gasteiger partial charge in [0.15, 0.2) is 5.96 Å². The van der Waals surface area contributed by atoms with E-state index in [1.54, 1.807) is 31.3 Å². The summed E-state index contributed by atoms with van der Waals surface area (Å²) in [5, 5.41) is 8.96. The highest BCUT2D eigenvalue weighted by atomic mass is 127. The summed E-state index contributed by atoms with van der Waals surface area (Å²) in [7, 11) is 1.56. The average molecular weight is 509 g/mol. The van der Waals surface area contributed by atoms with Gasteiger partial charge in [-0.05, 0) is 30.3 Å². The van der Waals surface area contributed by atoms with Gasteiger partial charge in [-0.15, -0.1) is 24.0 Å². The van der Waals surface area contributed by atoms with Crippen LogP contribution in [0.5, 0.6) is 0 Å². The number of halogens is 4. The van der Waals surface area contributed by atoms with Crippen molar-refractivity contribution < 1.29 is 13.6 Å². The minimum Gasteiger partial charge on any atom is -0.355 e. The van der Waals surface area contributed by atoms with Crippen molar-refractivity contribution in [3.63, 3.8) is 0 Å². The van der Waals surface area contributed by atoms with Crippen molar-refractivity contribution in [3.05, 3.63) is 70.2 Å². The molecule has 5 nitrogen and oxygen atoms in total. The first-order valence-electron chi connectivity index (χ1n) is 7.92. The van der Waals surface area contributed by atoms with Crippen molar-refractivity contribution in [2.45, 2.75) is 6.54 Å². The molecule has 0 spiro atoms. The fraction of sp³-hybridized carbons (Fsp3) is 0.222. The lowest BCUT2D eigenvalue weighted by atomic mass is 10.2. The highest BCUT2D eigenvalue weighted by Crippen LogP contribution is 2.14. The van der Waals surface area contributed by atoms with E-state index in [4.69, 9.17) is 11.6 Å². The molecule has 0 aromatic heterocycles. The molecule has 0 atom stereocenters. The second-order valence-corrected chi connectivity index (χ2v) is 5.73. The molecular weight excluding hydrogens is 489 g/mol. The van der Waals surface area contributed by atoms with Crippen LogP contribution in [0.2, 0.25) is 5.02 Å². The molecule has 0 aliphatic carbocycles. The van der Waals surface area contributed by atoms with Crippen LogP contribution in [0.4, 0.5) is 8.78 Å². The quantitative estimate of drug-likeness (QED) is 0.243. The summed E-state index contributed by atoms with van der Waals surface area (Å²) in [6, 6.07) is 10.0. The molecule has 0 saturated heterocycles. The molecule has 27 heavy (non-hydrogen) atoms. The molecule has 2 rings (SSSR count). The maximum Gasteiger partial charge on any atom is 0.252 e. The predicted molar refractivity (Wildman–Crippen MR) is 114 cm³/mol. The van der Waals surface area contributed by atoms with Crippen LogP contribution in [0, 0.1) is 11.6 Å². The number of guanidine groups is 1. The van der Waals surface area contributed by atoms with Gasteiger partial charge in [-0.2, -0.15) is 0 Å². The molecule has 0 saturated carbocycles. The van der Waals surface area contributed by atoms with Gasteiger partial charge in [0, 0.05) is 32.2 Å². The molecule has 1 amide bonds. The van der Waals surface area contributed by atoms with Gasteiger partial charge in [0.25, 0.3) is 5.91 Å². The third-order valence-corrected chi connectivity index (χ3v) is 3.83. The minimum absolute atomic E-state index is 0. The van der Waals surface area contributed by atoms with E-state index in [1.807, 2.05) is 0 Å². The van der Waals surface area contributed by atoms with Crippen molar-refractivity contribution in [3.8, 4) is 0 Å². The normalized spacial score (nSPS) is 10.7. The molecule has 0 heterocycles. The van der Waals surface area contributed by atoms with Crippen LogP contribution >= 0.6 is 35.6 Å². The van der Waals surface area contributed by atoms with E-state index in [2.05, 4.69) is 20.9 Å². The lowest BCUT2D eigenvalue weighted by Gasteiger charge is -2.13. The number of carbonyl (C=O) groups is 1. The van der Waals surface area contributed by atoms with Crippen molar-refractivity contribution in [1.29, 1.82) is 0 Å². The number of aliphatic imine (C=N–C) groups is 1. The van der Waals surface area contributed by atoms with E-state index in [1.165, 1.54) is 0 Å². The zero-order valence-electron chi connectivity index (χ0n) is 14.6. The molecule has 0 fully saturated rings. The van der Waals surface area contributed by atoms with E-state index in [0.29, 0.717) is 29.6 Å². The Hall–Kier alpha value is -1.94. The van der Waals surface area contributed by atoms with E-state index >= 15 is 0 Å². The Labute approximate surface area is 178 Å². The topological polar surface area (TPSA) is 65.5 Å². The number of nitrogens with zero attached hydrogens (tertiary/aromatic N) is 1. The Morgan fingerprint density at radius 2 is 1.78 bits per heavy atom. The molecule has 9 heteroatoms. The molecule has 0 bridgehead atoms. The molecule has 146 valence electrons. The van der Waals surface area contributed by atoms with Crippen LogP contribution in [0.3, 0.4) is 0 Å². The second kappa shape index (κ2) is 11.7. The van der Waals surface area contributed by atoms with Gasteiger partial charge >= 0.3 is 0 Å². The van der Waals surface area contributed by atoms with Crippen LogP contribution < -0.4 is 16.0 Å². The van der Waals surface area contributed by atoms with Crippen LogP contribution in [-0.2, 0) is 6.54 Å². The standard InChI is InChI=1S/C18H19ClF2N4O.HI/c1-22-18(25-11-12-10-13(20)6-7-16(12)21)24-9-8-23-17(26)14-4-2-3-5-15(14)19;/h2-7,10H,8-9,11H2,1H3,(H,23,26)(H2,22,24,25);1H. The van der Waals surface area contributed by atoms with Gasteiger partial charge in [-0.25, -0.2) is 8.78 Å². The first-order chi connectivity index (χ1) is 12.5. The fourth-order valence-corrected chi connectivity index (χ4v) is 2.40. The Bertz CT molecular complexity index is 805. The van der Waals surface area contributed by atoms with Crippen LogP contribution in [0.1, 0.15) is 15.9 Å². The van der Waals surface area contributed by atoms with Gasteiger partial charge in [-0.3, -0.25) is 9.79 Å². The SMILES string of the molecule is CN=C(NCCNC(=O)c1ccccc1Cl)NCc1cc(F)ccc1F.I. The number of rotatable bonds is 6. The number of benzene rings is 2. The summed E-state index contributed by atoms with van der Waals surface area (Å²) in [5.41, 5.74) is 0.596. The van der Waals surface area contributed by atoms with Crippen LogP contribution in [-0.4, -0.2) is 32.0 Å². The zero-order valence-corrected chi connectivity index (χ0v) is 17.6. The maximum absolute atomic E-state index is 13.6. The van der Waals surface area contributed by atoms with Gasteiger partial charge in [0.1, 0.15) is 11.6 Å². The Balaban J connectivity index is 0.00000364. The largest absolute Gasteiger partial charge is 0.355 e. The second-order valence-electron chi connectivity index (χ2n) is 5.32. The highest BCUT2D eigenvalue weighted by molar-refractivity contribution is 14.0. The molecular formula is C18H20ClF2IN4O. The minimum atomic E-state index is -0.506. The highest BCUT2D eigenvalue weighted by Gasteiger charge is 2.09. The summed E-state index contributed by atoms with van der Waals surface area (Å²) in [4.78, 5) is 16.0. The lowest BCUT2D eigenvalue weighted by Crippen LogP contribution is -2.41. The van der Waals surface area contributed by atoms with Gasteiger partial charge in [0.05, 0.1) is 10.6 Å². The van der Waals surface area contributed by atoms with Gasteiger partial charge in [0.2, 0.25) is 0 Å². The summed E-state index contributed by atoms with van der Waals surface area (Å²) >= 11 is 5.97. The van der Waals surface area contributed by atoms with E-state index in [9.17, 15) is 13.6 Å². The summed E-state index contributed by atoms with van der Waals surface area (Å²) in [6.45, 7) is 0.801. The summed E-state index contributed by atoms with van der Waals surface area (Å²) in [5.74, 6) is -0.877.